The zero-order valence-corrected chi connectivity index (χ0v) is 19.4. The number of anilines is 1. The maximum atomic E-state index is 12.4. The molecule has 32 heavy (non-hydrogen) atoms. The highest BCUT2D eigenvalue weighted by Gasteiger charge is 2.32. The number of halogens is 2. The van der Waals surface area contributed by atoms with Crippen LogP contribution in [0, 0.1) is 0 Å². The molecule has 8 nitrogen and oxygen atoms in total. The lowest BCUT2D eigenvalue weighted by molar-refractivity contribution is -0.0905. The largest absolute Gasteiger partial charge is 0.394 e. The summed E-state index contributed by atoms with van der Waals surface area (Å²) >= 11 is 11.9. The van der Waals surface area contributed by atoms with Crippen molar-refractivity contribution in [3.05, 3.63) is 40.1 Å². The Morgan fingerprint density at radius 2 is 2.00 bits per heavy atom. The zero-order valence-electron chi connectivity index (χ0n) is 17.8. The average Bonchev–Trinajstić information content (AvgIpc) is 3.47. The topological polar surface area (TPSA) is 101 Å². The highest BCUT2D eigenvalue weighted by Crippen LogP contribution is 2.32. The van der Waals surface area contributed by atoms with Crippen LogP contribution in [0.3, 0.4) is 0 Å². The van der Waals surface area contributed by atoms with Crippen molar-refractivity contribution >= 4 is 34.9 Å². The molecule has 1 aromatic heterocycles. The minimum atomic E-state index is -0.460. The van der Waals surface area contributed by atoms with Crippen LogP contribution in [-0.4, -0.2) is 51.0 Å². The van der Waals surface area contributed by atoms with Crippen molar-refractivity contribution < 1.29 is 14.6 Å². The summed E-state index contributed by atoms with van der Waals surface area (Å²) in [4.78, 5) is 12.4. The number of carbonyl (C=O) groups excluding carboxylic acids is 1. The number of rotatable bonds is 7. The van der Waals surface area contributed by atoms with E-state index in [0.29, 0.717) is 21.7 Å². The normalized spacial score (nSPS) is 23.9. The predicted octanol–water partition coefficient (Wildman–Crippen LogP) is 4.36. The van der Waals surface area contributed by atoms with E-state index in [0.717, 1.165) is 31.5 Å². The molecule has 0 spiro atoms. The van der Waals surface area contributed by atoms with Gasteiger partial charge in [0.25, 0.3) is 0 Å². The Bertz CT molecular complexity index is 919. The van der Waals surface area contributed by atoms with Crippen LogP contribution in [0.1, 0.15) is 56.6 Å². The third-order valence-corrected chi connectivity index (χ3v) is 7.04. The van der Waals surface area contributed by atoms with E-state index in [9.17, 15) is 9.90 Å². The summed E-state index contributed by atoms with van der Waals surface area (Å²) in [5.41, 5.74) is 1.63. The number of amides is 2. The average molecular weight is 482 g/mol. The van der Waals surface area contributed by atoms with Gasteiger partial charge in [0, 0.05) is 24.3 Å². The van der Waals surface area contributed by atoms with Crippen LogP contribution in [0.2, 0.25) is 10.0 Å². The van der Waals surface area contributed by atoms with E-state index in [4.69, 9.17) is 27.9 Å². The second kappa shape index (κ2) is 10.8. The van der Waals surface area contributed by atoms with E-state index in [2.05, 4.69) is 27.1 Å². The molecule has 174 valence electrons. The number of urea groups is 1. The van der Waals surface area contributed by atoms with Crippen LogP contribution < -0.4 is 10.6 Å². The molecule has 1 aliphatic carbocycles. The highest BCUT2D eigenvalue weighted by molar-refractivity contribution is 6.42. The molecule has 1 aromatic carbocycles. The second-order valence-electron chi connectivity index (χ2n) is 8.57. The fraction of sp³-hybridized carbons (Fsp3) is 0.591. The minimum Gasteiger partial charge on any atom is -0.394 e. The molecule has 2 aromatic rings. The van der Waals surface area contributed by atoms with Gasteiger partial charge in [-0.3, -0.25) is 4.68 Å². The summed E-state index contributed by atoms with van der Waals surface area (Å²) in [6.07, 6.45) is 8.85. The zero-order chi connectivity index (χ0) is 22.5. The number of aryl methyl sites for hydroxylation is 1. The molecule has 2 heterocycles. The molecule has 0 unspecified atom stereocenters. The second-order valence-corrected chi connectivity index (χ2v) is 9.38. The molecule has 0 bridgehead atoms. The molecule has 10 heteroatoms. The highest BCUT2D eigenvalue weighted by atomic mass is 35.5. The summed E-state index contributed by atoms with van der Waals surface area (Å²) in [7, 11) is 0. The summed E-state index contributed by atoms with van der Waals surface area (Å²) < 4.78 is 7.96. The Morgan fingerprint density at radius 3 is 2.75 bits per heavy atom. The van der Waals surface area contributed by atoms with Gasteiger partial charge in [-0.15, -0.1) is 5.10 Å². The lowest BCUT2D eigenvalue weighted by Crippen LogP contribution is -2.52. The molecule has 2 fully saturated rings. The van der Waals surface area contributed by atoms with E-state index in [1.54, 1.807) is 18.2 Å². The van der Waals surface area contributed by atoms with Crippen LogP contribution in [0.5, 0.6) is 0 Å². The van der Waals surface area contributed by atoms with Crippen molar-refractivity contribution in [1.82, 2.24) is 20.3 Å². The molecule has 4 rings (SSSR count). The number of nitrogens with zero attached hydrogens (tertiary/aromatic N) is 3. The van der Waals surface area contributed by atoms with E-state index < -0.39 is 6.10 Å². The number of nitrogens with one attached hydrogen (secondary N) is 2. The number of carbonyl (C=O) groups is 1. The Hall–Kier alpha value is -1.87. The molecule has 1 aliphatic heterocycles. The molecule has 3 atom stereocenters. The maximum Gasteiger partial charge on any atom is 0.319 e. The molecule has 1 saturated carbocycles. The van der Waals surface area contributed by atoms with Crippen molar-refractivity contribution in [2.45, 2.75) is 75.7 Å². The van der Waals surface area contributed by atoms with Gasteiger partial charge in [-0.05, 0) is 50.3 Å². The van der Waals surface area contributed by atoms with Crippen LogP contribution >= 0.6 is 23.2 Å². The summed E-state index contributed by atoms with van der Waals surface area (Å²) in [5, 5.41) is 24.8. The quantitative estimate of drug-likeness (QED) is 0.545. The number of aliphatic hydroxyl groups excluding tert-OH is 1. The van der Waals surface area contributed by atoms with Crippen molar-refractivity contribution in [2.75, 3.05) is 11.9 Å². The molecule has 3 N–H and O–H groups in total. The molecule has 2 aliphatic rings. The van der Waals surface area contributed by atoms with Crippen LogP contribution in [0.4, 0.5) is 10.5 Å². The van der Waals surface area contributed by atoms with Crippen LogP contribution in [0.25, 0.3) is 0 Å². The summed E-state index contributed by atoms with van der Waals surface area (Å²) in [6.45, 7) is 0.557. The predicted molar refractivity (Wildman–Crippen MR) is 123 cm³/mol. The van der Waals surface area contributed by atoms with Gasteiger partial charge in [0.1, 0.15) is 6.10 Å². The smallest absolute Gasteiger partial charge is 0.319 e. The Labute approximate surface area is 197 Å². The van der Waals surface area contributed by atoms with Crippen molar-refractivity contribution in [2.24, 2.45) is 0 Å². The third-order valence-electron chi connectivity index (χ3n) is 6.30. The molecule has 2 amide bonds. The number of aromatic nitrogens is 3. The molecule has 0 radical (unpaired) electrons. The fourth-order valence-corrected chi connectivity index (χ4v) is 4.82. The van der Waals surface area contributed by atoms with Crippen molar-refractivity contribution in [1.29, 1.82) is 0 Å². The molecular formula is C22H29Cl2N5O3. The number of hydrogen-bond acceptors (Lipinski definition) is 5. The summed E-state index contributed by atoms with van der Waals surface area (Å²) in [5.74, 6) is 0.551. The molecule has 1 saturated heterocycles. The number of ether oxygens (including phenoxy) is 1. The number of benzene rings is 1. The number of hydrogen-bond donors (Lipinski definition) is 3. The van der Waals surface area contributed by atoms with Gasteiger partial charge in [-0.1, -0.05) is 41.3 Å². The van der Waals surface area contributed by atoms with Gasteiger partial charge in [-0.2, -0.15) is 0 Å². The first-order valence-electron chi connectivity index (χ1n) is 11.2. The standard InChI is InChI=1S/C22H29Cl2N5O3/c23-17-7-5-15(11-18(17)24)25-22(31)26-19-8-6-16(32-21(19)13-30)9-10-29-12-20(27-28-29)14-3-1-2-4-14/h5,7,11-12,14,16,19,21,30H,1-4,6,8-10,13H2,(H2,25,26,31)/t16-,19-,21-/m0/s1. The minimum absolute atomic E-state index is 0.00228. The Balaban J connectivity index is 1.24. The maximum absolute atomic E-state index is 12.4. The van der Waals surface area contributed by atoms with Gasteiger partial charge in [0.15, 0.2) is 0 Å². The lowest BCUT2D eigenvalue weighted by atomic mass is 9.97. The third kappa shape index (κ3) is 5.92. The van der Waals surface area contributed by atoms with Gasteiger partial charge < -0.3 is 20.5 Å². The van der Waals surface area contributed by atoms with Gasteiger partial charge in [0.2, 0.25) is 0 Å². The Kier molecular flexibility index (Phi) is 7.88. The van der Waals surface area contributed by atoms with E-state index >= 15 is 0 Å². The van der Waals surface area contributed by atoms with Crippen molar-refractivity contribution in [3.63, 3.8) is 0 Å². The van der Waals surface area contributed by atoms with Crippen LogP contribution in [-0.2, 0) is 11.3 Å². The Morgan fingerprint density at radius 1 is 1.19 bits per heavy atom. The SMILES string of the molecule is O=C(Nc1ccc(Cl)c(Cl)c1)N[C@H]1CC[C@@H](CCn2cc(C3CCCC3)nn2)O[C@H]1CO. The number of aliphatic hydroxyl groups is 1. The van der Waals surface area contributed by atoms with E-state index in [1.807, 2.05) is 4.68 Å². The lowest BCUT2D eigenvalue weighted by Gasteiger charge is -2.36. The fourth-order valence-electron chi connectivity index (χ4n) is 4.53. The van der Waals surface area contributed by atoms with E-state index in [-0.39, 0.29) is 24.8 Å². The first-order valence-corrected chi connectivity index (χ1v) is 12.0. The van der Waals surface area contributed by atoms with E-state index in [1.165, 1.54) is 25.7 Å². The van der Waals surface area contributed by atoms with Gasteiger partial charge in [-0.25, -0.2) is 4.79 Å². The van der Waals surface area contributed by atoms with Crippen LogP contribution in [0.15, 0.2) is 24.4 Å². The first kappa shape index (κ1) is 23.3. The monoisotopic (exact) mass is 481 g/mol. The van der Waals surface area contributed by atoms with Crippen molar-refractivity contribution in [3.8, 4) is 0 Å². The first-order chi connectivity index (χ1) is 15.5. The summed E-state index contributed by atoms with van der Waals surface area (Å²) in [6, 6.07) is 4.22. The van der Waals surface area contributed by atoms with Gasteiger partial charge in [0.05, 0.1) is 34.5 Å². The van der Waals surface area contributed by atoms with Gasteiger partial charge >= 0.3 is 6.03 Å². The molecular weight excluding hydrogens is 453 g/mol.